The van der Waals surface area contributed by atoms with Crippen LogP contribution in [0.4, 0.5) is 10.1 Å². The molecule has 0 bridgehead atoms. The monoisotopic (exact) mass is 630 g/mol. The van der Waals surface area contributed by atoms with E-state index in [-0.39, 0.29) is 23.7 Å². The van der Waals surface area contributed by atoms with E-state index in [9.17, 15) is 22.4 Å². The molecule has 4 aromatic rings. The summed E-state index contributed by atoms with van der Waals surface area (Å²) < 4.78 is 44.9. The molecule has 4 rings (SSSR count). The number of nitrogens with one attached hydrogen (secondary N) is 2. The number of carbonyl (C=O) groups excluding carboxylic acids is 2. The van der Waals surface area contributed by atoms with Crippen molar-refractivity contribution in [1.29, 1.82) is 0 Å². The minimum Gasteiger partial charge on any atom is -0.351 e. The van der Waals surface area contributed by atoms with Crippen molar-refractivity contribution in [2.75, 3.05) is 17.6 Å². The molecule has 0 fully saturated rings. The number of hydrogen-bond acceptors (Lipinski definition) is 4. The highest BCUT2D eigenvalue weighted by Crippen LogP contribution is 2.30. The Bertz CT molecular complexity index is 1800. The highest BCUT2D eigenvalue weighted by molar-refractivity contribution is 7.85. The normalized spacial score (nSPS) is 12.4. The van der Waals surface area contributed by atoms with Crippen molar-refractivity contribution < 1.29 is 27.0 Å². The fourth-order valence-electron chi connectivity index (χ4n) is 5.06. The second-order valence-electron chi connectivity index (χ2n) is 12.4. The molecule has 0 aromatic heterocycles. The first-order chi connectivity index (χ1) is 21.1. The lowest BCUT2D eigenvalue weighted by molar-refractivity contribution is -0.117. The van der Waals surface area contributed by atoms with Gasteiger partial charge in [0, 0.05) is 17.8 Å². The molecule has 0 saturated heterocycles. The van der Waals surface area contributed by atoms with Crippen molar-refractivity contribution in [3.05, 3.63) is 124 Å². The molecule has 0 heterocycles. The third kappa shape index (κ3) is 9.09. The summed E-state index contributed by atoms with van der Waals surface area (Å²) in [6.45, 7) is 9.82. The predicted molar refractivity (Wildman–Crippen MR) is 177 cm³/mol. The van der Waals surface area contributed by atoms with Gasteiger partial charge in [0.05, 0.1) is 11.7 Å². The number of rotatable bonds is 10. The Morgan fingerprint density at radius 1 is 0.867 bits per heavy atom. The van der Waals surface area contributed by atoms with Crippen molar-refractivity contribution in [2.45, 2.75) is 52.4 Å². The van der Waals surface area contributed by atoms with Gasteiger partial charge >= 0.3 is 0 Å². The zero-order valence-corrected chi connectivity index (χ0v) is 27.0. The molecule has 9 heteroatoms. The largest absolute Gasteiger partial charge is 0.351 e. The molecule has 0 aliphatic carbocycles. The van der Waals surface area contributed by atoms with Crippen LogP contribution in [0, 0.1) is 19.7 Å². The minimum atomic E-state index is -4.18. The molecule has 236 valence electrons. The molecule has 3 N–H and O–H groups in total. The molecule has 7 nitrogen and oxygen atoms in total. The molecule has 1 atom stereocenters. The molecule has 1 unspecified atom stereocenters. The summed E-state index contributed by atoms with van der Waals surface area (Å²) in [5.41, 5.74) is 6.85. The fourth-order valence-corrected chi connectivity index (χ4v) is 5.42. The number of hydrogen-bond donors (Lipinski definition) is 3. The van der Waals surface area contributed by atoms with E-state index in [0.717, 1.165) is 33.4 Å². The van der Waals surface area contributed by atoms with Crippen LogP contribution in [0.5, 0.6) is 0 Å². The second-order valence-corrected chi connectivity index (χ2v) is 13.9. The number of aryl methyl sites for hydroxylation is 2. The van der Waals surface area contributed by atoms with E-state index in [1.807, 2.05) is 55.5 Å². The van der Waals surface area contributed by atoms with Crippen molar-refractivity contribution in [1.82, 2.24) is 5.32 Å². The summed E-state index contributed by atoms with van der Waals surface area (Å²) in [5.74, 6) is -2.05. The maximum atomic E-state index is 14.2. The summed E-state index contributed by atoms with van der Waals surface area (Å²) >= 11 is 0. The van der Waals surface area contributed by atoms with Crippen LogP contribution in [0.15, 0.2) is 84.9 Å². The maximum absolute atomic E-state index is 14.2. The van der Waals surface area contributed by atoms with Crippen LogP contribution >= 0.6 is 0 Å². The zero-order valence-electron chi connectivity index (χ0n) is 26.1. The van der Waals surface area contributed by atoms with E-state index in [1.165, 1.54) is 6.07 Å². The number of amides is 2. The summed E-state index contributed by atoms with van der Waals surface area (Å²) in [6, 6.07) is 25.5. The topological polar surface area (TPSA) is 113 Å². The molecule has 0 spiro atoms. The van der Waals surface area contributed by atoms with Crippen LogP contribution in [0.2, 0.25) is 0 Å². The smallest absolute Gasteiger partial charge is 0.266 e. The predicted octanol–water partition coefficient (Wildman–Crippen LogP) is 6.99. The quantitative estimate of drug-likeness (QED) is 0.164. The summed E-state index contributed by atoms with van der Waals surface area (Å²) in [6.07, 6.45) is 0.366. The molecule has 4 aromatic carbocycles. The Morgan fingerprint density at radius 3 is 2.11 bits per heavy atom. The van der Waals surface area contributed by atoms with Crippen LogP contribution in [-0.4, -0.2) is 37.1 Å². The molecular formula is C36H39FN2O5S. The van der Waals surface area contributed by atoms with Crippen LogP contribution < -0.4 is 10.6 Å². The number of carbonyl (C=O) groups is 2. The summed E-state index contributed by atoms with van der Waals surface area (Å²) in [4.78, 5) is 26.2. The average Bonchev–Trinajstić information content (AvgIpc) is 2.96. The molecular weight excluding hydrogens is 591 g/mol. The lowest BCUT2D eigenvalue weighted by Gasteiger charge is -2.22. The fraction of sp³-hybridized carbons (Fsp3) is 0.278. The van der Waals surface area contributed by atoms with Gasteiger partial charge in [-0.25, -0.2) is 4.39 Å². The number of halogens is 1. The molecule has 0 radical (unpaired) electrons. The van der Waals surface area contributed by atoms with Gasteiger partial charge in [0.25, 0.3) is 16.0 Å². The SMILES string of the molecule is Cc1ccc(-c2ccc(NC(=O)C(Cc3ccc(C(=O)NCCS(=O)(=O)O)cc3)c3ccc(C(C)(C)C)cc3)cc2C)cc1F. The average molecular weight is 631 g/mol. The van der Waals surface area contributed by atoms with Crippen LogP contribution in [-0.2, 0) is 26.7 Å². The van der Waals surface area contributed by atoms with Crippen molar-refractivity contribution in [3.8, 4) is 11.1 Å². The van der Waals surface area contributed by atoms with Gasteiger partial charge in [0.2, 0.25) is 5.91 Å². The Kier molecular flexibility index (Phi) is 10.3. The Hall–Kier alpha value is -4.34. The Balaban J connectivity index is 1.56. The lowest BCUT2D eigenvalue weighted by atomic mass is 9.84. The van der Waals surface area contributed by atoms with E-state index >= 15 is 0 Å². The molecule has 0 saturated carbocycles. The van der Waals surface area contributed by atoms with Crippen molar-refractivity contribution in [2.24, 2.45) is 0 Å². The standard InChI is InChI=1S/C36H39FN2O5S/c1-23-6-9-28(22-33(23)37)31-17-16-30(20-24(31)2)39-35(41)32(26-12-14-29(15-13-26)36(3,4)5)21-25-7-10-27(11-8-25)34(40)38-18-19-45(42,43)44/h6-17,20,22,32H,18-19,21H2,1-5H3,(H,38,40)(H,39,41)(H,42,43,44). The van der Waals surface area contributed by atoms with E-state index in [1.54, 1.807) is 37.3 Å². The van der Waals surface area contributed by atoms with E-state index in [2.05, 4.69) is 31.4 Å². The Morgan fingerprint density at radius 2 is 1.53 bits per heavy atom. The van der Waals surface area contributed by atoms with Gasteiger partial charge < -0.3 is 10.6 Å². The zero-order chi connectivity index (χ0) is 32.9. The van der Waals surface area contributed by atoms with Gasteiger partial charge in [-0.1, -0.05) is 75.4 Å². The molecule has 0 aliphatic rings. The Labute approximate surface area is 264 Å². The van der Waals surface area contributed by atoms with Gasteiger partial charge in [-0.05, 0) is 95.0 Å². The van der Waals surface area contributed by atoms with Crippen molar-refractivity contribution in [3.63, 3.8) is 0 Å². The van der Waals surface area contributed by atoms with Crippen molar-refractivity contribution >= 4 is 27.6 Å². The number of anilines is 1. The molecule has 0 aliphatic heterocycles. The van der Waals surface area contributed by atoms with E-state index < -0.39 is 27.7 Å². The highest BCUT2D eigenvalue weighted by atomic mass is 32.2. The second kappa shape index (κ2) is 13.7. The molecule has 45 heavy (non-hydrogen) atoms. The van der Waals surface area contributed by atoms with Gasteiger partial charge in [0.1, 0.15) is 5.82 Å². The van der Waals surface area contributed by atoms with Gasteiger partial charge in [-0.2, -0.15) is 8.42 Å². The third-order valence-electron chi connectivity index (χ3n) is 7.77. The molecule has 2 amide bonds. The maximum Gasteiger partial charge on any atom is 0.266 e. The third-order valence-corrected chi connectivity index (χ3v) is 8.49. The first-order valence-electron chi connectivity index (χ1n) is 14.7. The van der Waals surface area contributed by atoms with Gasteiger partial charge in [-0.15, -0.1) is 0 Å². The first kappa shape index (κ1) is 33.6. The summed E-state index contributed by atoms with van der Waals surface area (Å²) in [5, 5.41) is 5.53. The van der Waals surface area contributed by atoms with Crippen LogP contribution in [0.25, 0.3) is 11.1 Å². The highest BCUT2D eigenvalue weighted by Gasteiger charge is 2.23. The first-order valence-corrected chi connectivity index (χ1v) is 16.3. The summed E-state index contributed by atoms with van der Waals surface area (Å²) in [7, 11) is -4.18. The van der Waals surface area contributed by atoms with Gasteiger partial charge in [-0.3, -0.25) is 14.1 Å². The lowest BCUT2D eigenvalue weighted by Crippen LogP contribution is -2.28. The van der Waals surface area contributed by atoms with Crippen LogP contribution in [0.1, 0.15) is 64.9 Å². The van der Waals surface area contributed by atoms with Crippen LogP contribution in [0.3, 0.4) is 0 Å². The number of benzene rings is 4. The van der Waals surface area contributed by atoms with Gasteiger partial charge in [0.15, 0.2) is 0 Å². The minimum absolute atomic E-state index is 0.0479. The van der Waals surface area contributed by atoms with E-state index in [4.69, 9.17) is 4.55 Å². The van der Waals surface area contributed by atoms with E-state index in [0.29, 0.717) is 23.2 Å².